The van der Waals surface area contributed by atoms with Gasteiger partial charge >= 0.3 is 0 Å². The lowest BCUT2D eigenvalue weighted by molar-refractivity contribution is -0.0481. The van der Waals surface area contributed by atoms with Gasteiger partial charge in [-0.3, -0.25) is 0 Å². The summed E-state index contributed by atoms with van der Waals surface area (Å²) in [6.45, 7) is 12.1. The summed E-state index contributed by atoms with van der Waals surface area (Å²) < 4.78 is 0. The normalized spacial score (nSPS) is 39.2. The van der Waals surface area contributed by atoms with Crippen LogP contribution in [0.1, 0.15) is 66.7 Å². The quantitative estimate of drug-likeness (QED) is 0.587. The topological polar surface area (TPSA) is 0 Å². The van der Waals surface area contributed by atoms with Crippen molar-refractivity contribution in [2.24, 2.45) is 23.2 Å². The molecule has 0 radical (unpaired) electrons. The van der Waals surface area contributed by atoms with Gasteiger partial charge in [0.05, 0.1) is 0 Å². The molecule has 0 bridgehead atoms. The summed E-state index contributed by atoms with van der Waals surface area (Å²) in [7, 11) is 0. The van der Waals surface area contributed by atoms with Crippen molar-refractivity contribution < 1.29 is 0 Å². The van der Waals surface area contributed by atoms with E-state index in [2.05, 4.69) is 34.6 Å². The summed E-state index contributed by atoms with van der Waals surface area (Å²) in [4.78, 5) is 0. The molecule has 1 aliphatic rings. The second kappa shape index (κ2) is 4.68. The lowest BCUT2D eigenvalue weighted by atomic mass is 9.51. The average molecular weight is 196 g/mol. The zero-order valence-corrected chi connectivity index (χ0v) is 10.8. The van der Waals surface area contributed by atoms with Crippen LogP contribution in [0.5, 0.6) is 0 Å². The van der Waals surface area contributed by atoms with Gasteiger partial charge in [-0.15, -0.1) is 0 Å². The molecule has 4 atom stereocenters. The van der Waals surface area contributed by atoms with Gasteiger partial charge in [0.2, 0.25) is 0 Å². The molecule has 0 nitrogen and oxygen atoms in total. The highest BCUT2D eigenvalue weighted by molar-refractivity contribution is 4.97. The molecule has 1 fully saturated rings. The molecular weight excluding hydrogens is 168 g/mol. The first-order valence-corrected chi connectivity index (χ1v) is 6.54. The van der Waals surface area contributed by atoms with Gasteiger partial charge in [0.15, 0.2) is 0 Å². The fourth-order valence-electron chi connectivity index (χ4n) is 3.55. The molecule has 14 heavy (non-hydrogen) atoms. The lowest BCUT2D eigenvalue weighted by Gasteiger charge is -2.54. The van der Waals surface area contributed by atoms with E-state index in [1.54, 1.807) is 0 Å². The van der Waals surface area contributed by atoms with Crippen molar-refractivity contribution in [1.82, 2.24) is 0 Å². The summed E-state index contributed by atoms with van der Waals surface area (Å²) in [5.74, 6) is 2.91. The molecular formula is C14H28. The minimum absolute atomic E-state index is 0.670. The highest BCUT2D eigenvalue weighted by Gasteiger charge is 2.47. The summed E-state index contributed by atoms with van der Waals surface area (Å²) in [5.41, 5.74) is 0.670. The van der Waals surface area contributed by atoms with Gasteiger partial charge in [0.1, 0.15) is 0 Å². The molecule has 1 rings (SSSR count). The second-order valence-corrected chi connectivity index (χ2v) is 5.85. The third-order valence-corrected chi connectivity index (χ3v) is 4.76. The molecule has 0 aromatic carbocycles. The van der Waals surface area contributed by atoms with Crippen molar-refractivity contribution in [1.29, 1.82) is 0 Å². The first kappa shape index (κ1) is 12.1. The van der Waals surface area contributed by atoms with E-state index in [0.717, 1.165) is 17.8 Å². The summed E-state index contributed by atoms with van der Waals surface area (Å²) >= 11 is 0. The maximum Gasteiger partial charge on any atom is -0.0269 e. The zero-order valence-electron chi connectivity index (χ0n) is 10.8. The van der Waals surface area contributed by atoms with Crippen LogP contribution < -0.4 is 0 Å². The Balaban J connectivity index is 2.47. The molecule has 0 heterocycles. The standard InChI is InChI=1S/C14H28/c1-6-8-11(3)10-14(5)12(4)9-13(14)7-2/h11-13H,6-10H2,1-5H3. The molecule has 0 heteroatoms. The Morgan fingerprint density at radius 1 is 1.36 bits per heavy atom. The van der Waals surface area contributed by atoms with Crippen LogP contribution >= 0.6 is 0 Å². The van der Waals surface area contributed by atoms with E-state index in [0.29, 0.717) is 5.41 Å². The minimum atomic E-state index is 0.670. The van der Waals surface area contributed by atoms with Crippen LogP contribution in [0.25, 0.3) is 0 Å². The maximum atomic E-state index is 2.53. The Kier molecular flexibility index (Phi) is 4.04. The van der Waals surface area contributed by atoms with Crippen LogP contribution in [-0.4, -0.2) is 0 Å². The highest BCUT2D eigenvalue weighted by atomic mass is 14.5. The largest absolute Gasteiger partial charge is 0.0654 e. The van der Waals surface area contributed by atoms with Crippen molar-refractivity contribution >= 4 is 0 Å². The number of hydrogen-bond donors (Lipinski definition) is 0. The zero-order chi connectivity index (χ0) is 10.8. The van der Waals surface area contributed by atoms with E-state index in [9.17, 15) is 0 Å². The Morgan fingerprint density at radius 3 is 2.43 bits per heavy atom. The first-order valence-electron chi connectivity index (χ1n) is 6.54. The molecule has 84 valence electrons. The predicted octanol–water partition coefficient (Wildman–Crippen LogP) is 4.89. The van der Waals surface area contributed by atoms with E-state index < -0.39 is 0 Å². The Morgan fingerprint density at radius 2 is 2.00 bits per heavy atom. The van der Waals surface area contributed by atoms with Gasteiger partial charge < -0.3 is 0 Å². The summed E-state index contributed by atoms with van der Waals surface area (Å²) in [6, 6.07) is 0. The second-order valence-electron chi connectivity index (χ2n) is 5.85. The van der Waals surface area contributed by atoms with Crippen LogP contribution in [0.2, 0.25) is 0 Å². The van der Waals surface area contributed by atoms with Crippen LogP contribution in [0.4, 0.5) is 0 Å². The van der Waals surface area contributed by atoms with Crippen LogP contribution in [0.15, 0.2) is 0 Å². The molecule has 0 spiro atoms. The van der Waals surface area contributed by atoms with E-state index >= 15 is 0 Å². The number of hydrogen-bond acceptors (Lipinski definition) is 0. The van der Waals surface area contributed by atoms with Crippen LogP contribution in [-0.2, 0) is 0 Å². The molecule has 1 saturated carbocycles. The van der Waals surface area contributed by atoms with E-state index in [-0.39, 0.29) is 0 Å². The van der Waals surface area contributed by atoms with Gasteiger partial charge in [0, 0.05) is 0 Å². The molecule has 0 aromatic rings. The Bertz CT molecular complexity index is 173. The molecule has 0 aliphatic heterocycles. The highest BCUT2D eigenvalue weighted by Crippen LogP contribution is 2.56. The van der Waals surface area contributed by atoms with Crippen LogP contribution in [0.3, 0.4) is 0 Å². The van der Waals surface area contributed by atoms with Crippen molar-refractivity contribution in [3.05, 3.63) is 0 Å². The van der Waals surface area contributed by atoms with Gasteiger partial charge in [-0.1, -0.05) is 53.9 Å². The fourth-order valence-corrected chi connectivity index (χ4v) is 3.55. The fraction of sp³-hybridized carbons (Fsp3) is 1.00. The third-order valence-electron chi connectivity index (χ3n) is 4.76. The summed E-state index contributed by atoms with van der Waals surface area (Å²) in [6.07, 6.45) is 7.09. The maximum absolute atomic E-state index is 2.53. The van der Waals surface area contributed by atoms with Gasteiger partial charge in [-0.2, -0.15) is 0 Å². The van der Waals surface area contributed by atoms with E-state index in [1.165, 1.54) is 32.1 Å². The van der Waals surface area contributed by atoms with E-state index in [4.69, 9.17) is 0 Å². The van der Waals surface area contributed by atoms with Crippen LogP contribution in [0, 0.1) is 23.2 Å². The average Bonchev–Trinajstić information content (AvgIpc) is 2.14. The first-order chi connectivity index (χ1) is 6.54. The van der Waals surface area contributed by atoms with E-state index in [1.807, 2.05) is 0 Å². The van der Waals surface area contributed by atoms with Crippen molar-refractivity contribution in [2.45, 2.75) is 66.7 Å². The summed E-state index contributed by atoms with van der Waals surface area (Å²) in [5, 5.41) is 0. The SMILES string of the molecule is CCCC(C)CC1(C)C(C)CC1CC. The smallest absolute Gasteiger partial charge is 0.0269 e. The van der Waals surface area contributed by atoms with Crippen molar-refractivity contribution in [3.63, 3.8) is 0 Å². The monoisotopic (exact) mass is 196 g/mol. The van der Waals surface area contributed by atoms with Crippen molar-refractivity contribution in [3.8, 4) is 0 Å². The number of rotatable bonds is 5. The molecule has 0 amide bonds. The predicted molar refractivity (Wildman–Crippen MR) is 64.4 cm³/mol. The van der Waals surface area contributed by atoms with Gasteiger partial charge in [-0.25, -0.2) is 0 Å². The molecule has 1 aliphatic carbocycles. The van der Waals surface area contributed by atoms with Gasteiger partial charge in [-0.05, 0) is 36.0 Å². The molecule has 4 unspecified atom stereocenters. The molecule has 0 saturated heterocycles. The Hall–Kier alpha value is 0. The molecule has 0 N–H and O–H groups in total. The minimum Gasteiger partial charge on any atom is -0.0654 e. The lowest BCUT2D eigenvalue weighted by Crippen LogP contribution is -2.46. The van der Waals surface area contributed by atoms with Gasteiger partial charge in [0.25, 0.3) is 0 Å². The molecule has 0 aromatic heterocycles. The Labute approximate surface area is 90.5 Å². The third kappa shape index (κ3) is 2.15. The van der Waals surface area contributed by atoms with Crippen molar-refractivity contribution in [2.75, 3.05) is 0 Å².